The lowest BCUT2D eigenvalue weighted by Gasteiger charge is -2.37. The van der Waals surface area contributed by atoms with E-state index in [1.165, 1.54) is 19.4 Å². The Hall–Kier alpha value is -2.82. The molecule has 5 rings (SSSR count). The second-order valence-corrected chi connectivity index (χ2v) is 9.08. The van der Waals surface area contributed by atoms with E-state index < -0.39 is 0 Å². The summed E-state index contributed by atoms with van der Waals surface area (Å²) in [6.07, 6.45) is 2.43. The molecule has 2 heterocycles. The summed E-state index contributed by atoms with van der Waals surface area (Å²) >= 11 is 6.58. The van der Waals surface area contributed by atoms with Gasteiger partial charge >= 0.3 is 0 Å². The molecule has 3 aromatic rings. The van der Waals surface area contributed by atoms with E-state index in [0.29, 0.717) is 16.6 Å². The van der Waals surface area contributed by atoms with Crippen molar-refractivity contribution in [2.24, 2.45) is 0 Å². The number of hydrogen-bond donors (Lipinski definition) is 1. The van der Waals surface area contributed by atoms with Gasteiger partial charge in [0.2, 0.25) is 0 Å². The summed E-state index contributed by atoms with van der Waals surface area (Å²) < 4.78 is 0. The fourth-order valence-corrected chi connectivity index (χ4v) is 5.10. The monoisotopic (exact) mass is 445 g/mol. The van der Waals surface area contributed by atoms with Crippen LogP contribution in [-0.4, -0.2) is 47.9 Å². The molecule has 0 bridgehead atoms. The Balaban J connectivity index is 1.41. The van der Waals surface area contributed by atoms with Crippen molar-refractivity contribution in [1.82, 2.24) is 9.80 Å². The number of amides is 1. The van der Waals surface area contributed by atoms with Gasteiger partial charge in [-0.2, -0.15) is 0 Å². The first kappa shape index (κ1) is 21.0. The molecule has 0 unspecified atom stereocenters. The summed E-state index contributed by atoms with van der Waals surface area (Å²) in [5.41, 5.74) is 3.74. The van der Waals surface area contributed by atoms with Gasteiger partial charge in [0.25, 0.3) is 5.91 Å². The molecule has 3 aromatic carbocycles. The zero-order chi connectivity index (χ0) is 21.9. The molecule has 164 valence electrons. The van der Waals surface area contributed by atoms with Crippen molar-refractivity contribution in [3.8, 4) is 0 Å². The Kier molecular flexibility index (Phi) is 6.15. The van der Waals surface area contributed by atoms with Gasteiger partial charge in [-0.15, -0.1) is 0 Å². The van der Waals surface area contributed by atoms with Gasteiger partial charge in [-0.1, -0.05) is 72.3 Å². The predicted molar refractivity (Wildman–Crippen MR) is 130 cm³/mol. The van der Waals surface area contributed by atoms with Crippen molar-refractivity contribution < 1.29 is 4.79 Å². The van der Waals surface area contributed by atoms with Gasteiger partial charge in [0.1, 0.15) is 0 Å². The quantitative estimate of drug-likeness (QED) is 0.566. The summed E-state index contributed by atoms with van der Waals surface area (Å²) in [5, 5.41) is 4.21. The molecular formula is C27H28ClN3O. The highest BCUT2D eigenvalue weighted by Crippen LogP contribution is 2.32. The zero-order valence-corrected chi connectivity index (χ0v) is 18.8. The number of halogens is 1. The van der Waals surface area contributed by atoms with Crippen LogP contribution in [0, 0.1) is 0 Å². The first-order valence-electron chi connectivity index (χ1n) is 11.4. The summed E-state index contributed by atoms with van der Waals surface area (Å²) in [4.78, 5) is 17.8. The van der Waals surface area contributed by atoms with Crippen LogP contribution in [0.15, 0.2) is 78.9 Å². The molecule has 1 amide bonds. The number of carbonyl (C=O) groups is 1. The molecule has 2 fully saturated rings. The number of anilines is 1. The van der Waals surface area contributed by atoms with Crippen molar-refractivity contribution in [2.75, 3.05) is 31.5 Å². The molecule has 0 spiro atoms. The third-order valence-electron chi connectivity index (χ3n) is 6.65. The fourth-order valence-electron chi connectivity index (χ4n) is 4.93. The zero-order valence-electron chi connectivity index (χ0n) is 18.1. The lowest BCUT2D eigenvalue weighted by Crippen LogP contribution is -2.52. The maximum absolute atomic E-state index is 13.3. The van der Waals surface area contributed by atoms with Gasteiger partial charge in [-0.25, -0.2) is 0 Å². The Bertz CT molecular complexity index is 1030. The number of fused-ring (bicyclic) bond motifs is 1. The van der Waals surface area contributed by atoms with Gasteiger partial charge in [-0.3, -0.25) is 9.69 Å². The largest absolute Gasteiger partial charge is 0.373 e. The summed E-state index contributed by atoms with van der Waals surface area (Å²) in [7, 11) is 0. The molecule has 2 aliphatic heterocycles. The van der Waals surface area contributed by atoms with Crippen molar-refractivity contribution in [3.63, 3.8) is 0 Å². The van der Waals surface area contributed by atoms with Gasteiger partial charge in [0.05, 0.1) is 16.8 Å². The first-order chi connectivity index (χ1) is 15.7. The number of rotatable bonds is 5. The van der Waals surface area contributed by atoms with Gasteiger partial charge in [-0.05, 0) is 48.7 Å². The average Bonchev–Trinajstić information content (AvgIpc) is 3.32. The highest BCUT2D eigenvalue weighted by Gasteiger charge is 2.33. The van der Waals surface area contributed by atoms with Crippen LogP contribution in [0.5, 0.6) is 0 Å². The highest BCUT2D eigenvalue weighted by molar-refractivity contribution is 6.33. The molecule has 1 atom stereocenters. The maximum atomic E-state index is 13.3. The second kappa shape index (κ2) is 9.35. The average molecular weight is 446 g/mol. The Morgan fingerprint density at radius 3 is 2.28 bits per heavy atom. The number of benzene rings is 3. The highest BCUT2D eigenvalue weighted by atomic mass is 35.5. The van der Waals surface area contributed by atoms with E-state index in [1.54, 1.807) is 0 Å². The Morgan fingerprint density at radius 1 is 0.906 bits per heavy atom. The standard InChI is InChI=1S/C27H28ClN3O/c28-24-14-13-22(27(32)31-17-16-30-15-7-12-23(30)19-31)18-25(24)29-26(20-8-3-1-4-9-20)21-10-5-2-6-11-21/h1-6,8-11,13-14,18,23,26,29H,7,12,15-17,19H2/t23-/m1/s1. The second-order valence-electron chi connectivity index (χ2n) is 8.68. The van der Waals surface area contributed by atoms with E-state index in [0.717, 1.165) is 36.4 Å². The van der Waals surface area contributed by atoms with Crippen LogP contribution in [0.2, 0.25) is 5.02 Å². The summed E-state index contributed by atoms with van der Waals surface area (Å²) in [5.74, 6) is 0.0900. The minimum absolute atomic E-state index is 0.0673. The topological polar surface area (TPSA) is 35.6 Å². The third-order valence-corrected chi connectivity index (χ3v) is 6.98. The van der Waals surface area contributed by atoms with Crippen LogP contribution >= 0.6 is 11.6 Å². The van der Waals surface area contributed by atoms with E-state index in [-0.39, 0.29) is 11.9 Å². The normalized spacial score (nSPS) is 18.6. The molecule has 2 saturated heterocycles. The molecule has 4 nitrogen and oxygen atoms in total. The van der Waals surface area contributed by atoms with Crippen molar-refractivity contribution >= 4 is 23.2 Å². The summed E-state index contributed by atoms with van der Waals surface area (Å²) in [6.45, 7) is 3.75. The lowest BCUT2D eigenvalue weighted by molar-refractivity contribution is 0.0571. The number of hydrogen-bond acceptors (Lipinski definition) is 3. The maximum Gasteiger partial charge on any atom is 0.254 e. The minimum Gasteiger partial charge on any atom is -0.373 e. The van der Waals surface area contributed by atoms with E-state index in [1.807, 2.05) is 59.5 Å². The number of piperazine rings is 1. The number of nitrogens with one attached hydrogen (secondary N) is 1. The van der Waals surface area contributed by atoms with E-state index in [2.05, 4.69) is 34.5 Å². The number of carbonyl (C=O) groups excluding carboxylic acids is 1. The molecular weight excluding hydrogens is 418 g/mol. The summed E-state index contributed by atoms with van der Waals surface area (Å²) in [6, 6.07) is 26.6. The van der Waals surface area contributed by atoms with Gasteiger partial charge in [0.15, 0.2) is 0 Å². The van der Waals surface area contributed by atoms with Crippen LogP contribution < -0.4 is 5.32 Å². The molecule has 0 aromatic heterocycles. The third kappa shape index (κ3) is 4.38. The SMILES string of the molecule is O=C(c1ccc(Cl)c(NC(c2ccccc2)c2ccccc2)c1)N1CCN2CCC[C@@H]2C1. The molecule has 32 heavy (non-hydrogen) atoms. The first-order valence-corrected chi connectivity index (χ1v) is 11.8. The molecule has 2 aliphatic rings. The van der Waals surface area contributed by atoms with Crippen LogP contribution in [0.4, 0.5) is 5.69 Å². The Morgan fingerprint density at radius 2 is 1.59 bits per heavy atom. The molecule has 0 radical (unpaired) electrons. The van der Waals surface area contributed by atoms with Crippen LogP contribution in [-0.2, 0) is 0 Å². The van der Waals surface area contributed by atoms with Gasteiger partial charge in [0, 0.05) is 31.2 Å². The fraction of sp³-hybridized carbons (Fsp3) is 0.296. The van der Waals surface area contributed by atoms with E-state index in [9.17, 15) is 4.79 Å². The minimum atomic E-state index is -0.0673. The predicted octanol–water partition coefficient (Wildman–Crippen LogP) is 5.46. The molecule has 0 aliphatic carbocycles. The van der Waals surface area contributed by atoms with E-state index >= 15 is 0 Å². The van der Waals surface area contributed by atoms with Crippen molar-refractivity contribution in [2.45, 2.75) is 24.9 Å². The van der Waals surface area contributed by atoms with Gasteiger partial charge < -0.3 is 10.2 Å². The lowest BCUT2D eigenvalue weighted by atomic mass is 9.98. The van der Waals surface area contributed by atoms with Crippen LogP contribution in [0.1, 0.15) is 40.4 Å². The van der Waals surface area contributed by atoms with Crippen molar-refractivity contribution in [1.29, 1.82) is 0 Å². The van der Waals surface area contributed by atoms with Crippen LogP contribution in [0.25, 0.3) is 0 Å². The smallest absolute Gasteiger partial charge is 0.254 e. The number of nitrogens with zero attached hydrogens (tertiary/aromatic N) is 2. The molecule has 1 N–H and O–H groups in total. The van der Waals surface area contributed by atoms with Crippen molar-refractivity contribution in [3.05, 3.63) is 101 Å². The van der Waals surface area contributed by atoms with E-state index in [4.69, 9.17) is 11.6 Å². The van der Waals surface area contributed by atoms with Crippen LogP contribution in [0.3, 0.4) is 0 Å². The molecule has 0 saturated carbocycles. The Labute approximate surface area is 194 Å². The molecule has 5 heteroatoms.